The zero-order valence-corrected chi connectivity index (χ0v) is 13.0. The Morgan fingerprint density at radius 1 is 1.12 bits per heavy atom. The van der Waals surface area contributed by atoms with Crippen LogP contribution in [0.5, 0.6) is 5.75 Å². The van der Waals surface area contributed by atoms with Gasteiger partial charge in [-0.2, -0.15) is 22.0 Å². The summed E-state index contributed by atoms with van der Waals surface area (Å²) in [6.45, 7) is 5.42. The molecule has 1 N–H and O–H groups in total. The van der Waals surface area contributed by atoms with Crippen molar-refractivity contribution < 1.29 is 36.6 Å². The standard InChI is InChI=1S/C16H15F5O3/c1-13(2,3)10-5-4-9-6-7-14(12(22)23,24-11(9)8-10)15(17,18)16(19,20)21/h4-8H,1-3H3,(H,22,23). The molecule has 0 bridgehead atoms. The SMILES string of the molecule is CC(C)(C)c1ccc2c(c1)OC(C(=O)O)(C(F)(F)C(F)(F)F)C=C2. The lowest BCUT2D eigenvalue weighted by molar-refractivity contribution is -0.322. The van der Waals surface area contributed by atoms with E-state index in [0.29, 0.717) is 5.56 Å². The minimum atomic E-state index is -6.09. The van der Waals surface area contributed by atoms with Crippen LogP contribution in [0.1, 0.15) is 31.9 Å². The number of hydrogen-bond acceptors (Lipinski definition) is 2. The second kappa shape index (κ2) is 5.19. The first-order valence-corrected chi connectivity index (χ1v) is 6.93. The summed E-state index contributed by atoms with van der Waals surface area (Å²) in [6, 6.07) is 4.43. The maximum absolute atomic E-state index is 13.9. The summed E-state index contributed by atoms with van der Waals surface area (Å²) in [5.74, 6) is -8.37. The predicted molar refractivity (Wildman–Crippen MR) is 76.2 cm³/mol. The van der Waals surface area contributed by atoms with E-state index in [4.69, 9.17) is 9.84 Å². The molecule has 0 aromatic heterocycles. The Hall–Kier alpha value is -2.12. The Morgan fingerprint density at radius 2 is 1.71 bits per heavy atom. The molecule has 132 valence electrons. The molecular formula is C16H15F5O3. The predicted octanol–water partition coefficient (Wildman–Crippen LogP) is 4.41. The Balaban J connectivity index is 2.61. The van der Waals surface area contributed by atoms with Gasteiger partial charge in [0.1, 0.15) is 5.75 Å². The molecule has 1 aromatic rings. The molecule has 0 saturated heterocycles. The molecule has 0 fully saturated rings. The van der Waals surface area contributed by atoms with E-state index in [1.54, 1.807) is 6.07 Å². The van der Waals surface area contributed by atoms with Crippen LogP contribution >= 0.6 is 0 Å². The third-order valence-corrected chi connectivity index (χ3v) is 3.79. The monoisotopic (exact) mass is 350 g/mol. The average molecular weight is 350 g/mol. The van der Waals surface area contributed by atoms with Crippen LogP contribution in [0, 0.1) is 0 Å². The van der Waals surface area contributed by atoms with Gasteiger partial charge in [0.15, 0.2) is 0 Å². The number of aliphatic carboxylic acids is 1. The van der Waals surface area contributed by atoms with Gasteiger partial charge in [0.25, 0.3) is 5.60 Å². The molecule has 0 saturated carbocycles. The summed E-state index contributed by atoms with van der Waals surface area (Å²) in [5, 5.41) is 9.09. The van der Waals surface area contributed by atoms with Gasteiger partial charge in [-0.25, -0.2) is 4.79 Å². The summed E-state index contributed by atoms with van der Waals surface area (Å²) >= 11 is 0. The number of fused-ring (bicyclic) bond motifs is 1. The van der Waals surface area contributed by atoms with Crippen LogP contribution in [-0.4, -0.2) is 28.8 Å². The molecule has 0 amide bonds. The van der Waals surface area contributed by atoms with E-state index < -0.39 is 29.1 Å². The zero-order valence-electron chi connectivity index (χ0n) is 13.0. The fraction of sp³-hybridized carbons (Fsp3) is 0.438. The second-order valence-electron chi connectivity index (χ2n) is 6.55. The normalized spacial score (nSPS) is 21.2. The van der Waals surface area contributed by atoms with Gasteiger partial charge in [0.2, 0.25) is 0 Å². The highest BCUT2D eigenvalue weighted by atomic mass is 19.4. The molecule has 2 rings (SSSR count). The van der Waals surface area contributed by atoms with Gasteiger partial charge in [-0.15, -0.1) is 0 Å². The van der Waals surface area contributed by atoms with Crippen LogP contribution in [0.15, 0.2) is 24.3 Å². The molecule has 1 unspecified atom stereocenters. The van der Waals surface area contributed by atoms with Crippen LogP contribution in [0.25, 0.3) is 6.08 Å². The summed E-state index contributed by atoms with van der Waals surface area (Å²) < 4.78 is 70.7. The fourth-order valence-electron chi connectivity index (χ4n) is 2.27. The van der Waals surface area contributed by atoms with Gasteiger partial charge < -0.3 is 9.84 Å². The molecule has 24 heavy (non-hydrogen) atoms. The highest BCUT2D eigenvalue weighted by molar-refractivity contribution is 5.86. The number of alkyl halides is 5. The van der Waals surface area contributed by atoms with Crippen molar-refractivity contribution in [2.45, 2.75) is 43.9 Å². The lowest BCUT2D eigenvalue weighted by Gasteiger charge is -2.38. The zero-order chi connectivity index (χ0) is 18.6. The molecule has 1 aliphatic rings. The van der Waals surface area contributed by atoms with E-state index in [1.807, 2.05) is 20.8 Å². The van der Waals surface area contributed by atoms with Crippen molar-refractivity contribution in [1.29, 1.82) is 0 Å². The molecule has 1 aliphatic heterocycles. The Labute approximate surface area is 134 Å². The molecule has 0 spiro atoms. The van der Waals surface area contributed by atoms with E-state index in [2.05, 4.69) is 0 Å². The van der Waals surface area contributed by atoms with Gasteiger partial charge in [-0.3, -0.25) is 0 Å². The molecule has 1 heterocycles. The smallest absolute Gasteiger partial charge is 0.458 e. The first-order valence-electron chi connectivity index (χ1n) is 6.93. The highest BCUT2D eigenvalue weighted by Gasteiger charge is 2.75. The quantitative estimate of drug-likeness (QED) is 0.804. The lowest BCUT2D eigenvalue weighted by atomic mass is 9.85. The number of halogens is 5. The molecule has 0 radical (unpaired) electrons. The van der Waals surface area contributed by atoms with Crippen molar-refractivity contribution in [3.63, 3.8) is 0 Å². The Bertz CT molecular complexity index is 701. The summed E-state index contributed by atoms with van der Waals surface area (Å²) in [7, 11) is 0. The van der Waals surface area contributed by atoms with E-state index >= 15 is 0 Å². The summed E-state index contributed by atoms with van der Waals surface area (Å²) in [4.78, 5) is 11.3. The molecule has 3 nitrogen and oxygen atoms in total. The molecular weight excluding hydrogens is 335 g/mol. The summed E-state index contributed by atoms with van der Waals surface area (Å²) in [5.41, 5.74) is -3.46. The third kappa shape index (κ3) is 2.63. The van der Waals surface area contributed by atoms with Crippen molar-refractivity contribution in [3.05, 3.63) is 35.4 Å². The Kier molecular flexibility index (Phi) is 3.94. The van der Waals surface area contributed by atoms with Crippen molar-refractivity contribution in [1.82, 2.24) is 0 Å². The van der Waals surface area contributed by atoms with Crippen LogP contribution in [-0.2, 0) is 10.2 Å². The number of carbonyl (C=O) groups is 1. The molecule has 1 atom stereocenters. The van der Waals surface area contributed by atoms with Crippen molar-refractivity contribution in [2.75, 3.05) is 0 Å². The number of hydrogen-bond donors (Lipinski definition) is 1. The van der Waals surface area contributed by atoms with E-state index in [0.717, 1.165) is 6.08 Å². The minimum absolute atomic E-state index is 0.220. The van der Waals surface area contributed by atoms with Gasteiger partial charge in [-0.1, -0.05) is 39.0 Å². The van der Waals surface area contributed by atoms with Crippen molar-refractivity contribution in [3.8, 4) is 5.75 Å². The van der Waals surface area contributed by atoms with Gasteiger partial charge >= 0.3 is 18.1 Å². The lowest BCUT2D eigenvalue weighted by Crippen LogP contribution is -2.64. The first kappa shape index (κ1) is 18.2. The van der Waals surface area contributed by atoms with E-state index in [-0.39, 0.29) is 17.4 Å². The molecule has 1 aromatic carbocycles. The minimum Gasteiger partial charge on any atom is -0.478 e. The van der Waals surface area contributed by atoms with E-state index in [9.17, 15) is 26.7 Å². The van der Waals surface area contributed by atoms with Crippen LogP contribution < -0.4 is 4.74 Å². The van der Waals surface area contributed by atoms with Gasteiger partial charge in [-0.05, 0) is 23.1 Å². The third-order valence-electron chi connectivity index (χ3n) is 3.79. The van der Waals surface area contributed by atoms with Crippen LogP contribution in [0.3, 0.4) is 0 Å². The topological polar surface area (TPSA) is 46.5 Å². The number of benzene rings is 1. The van der Waals surface area contributed by atoms with Crippen molar-refractivity contribution >= 4 is 12.0 Å². The number of ether oxygens (including phenoxy) is 1. The largest absolute Gasteiger partial charge is 0.478 e. The van der Waals surface area contributed by atoms with Crippen molar-refractivity contribution in [2.24, 2.45) is 0 Å². The number of carboxylic acid groups (broad SMARTS) is 1. The number of carboxylic acids is 1. The fourth-order valence-corrected chi connectivity index (χ4v) is 2.27. The van der Waals surface area contributed by atoms with Gasteiger partial charge in [0.05, 0.1) is 0 Å². The Morgan fingerprint density at radius 3 is 2.17 bits per heavy atom. The van der Waals surface area contributed by atoms with E-state index in [1.165, 1.54) is 12.1 Å². The maximum Gasteiger partial charge on any atom is 0.458 e. The first-order chi connectivity index (χ1) is 10.7. The van der Waals surface area contributed by atoms with Crippen LogP contribution in [0.2, 0.25) is 0 Å². The molecule has 0 aliphatic carbocycles. The summed E-state index contributed by atoms with van der Waals surface area (Å²) in [6.07, 6.45) is -4.95. The van der Waals surface area contributed by atoms with Crippen LogP contribution in [0.4, 0.5) is 22.0 Å². The average Bonchev–Trinajstić information content (AvgIpc) is 2.43. The molecule has 8 heteroatoms. The maximum atomic E-state index is 13.9. The van der Waals surface area contributed by atoms with Gasteiger partial charge in [0, 0.05) is 5.56 Å². The highest BCUT2D eigenvalue weighted by Crippen LogP contribution is 2.49. The number of rotatable bonds is 2. The second-order valence-corrected chi connectivity index (χ2v) is 6.55.